The standard InChI is InChI=1S/C25H41N3O3/c1-5-26-24(27-19-25(2,3)20-9-11-21(29-4)12-10-20)28-15-13-22(14-16-28)31-18-23-8-6-7-17-30-23/h9-12,22-23H,5-8,13-19H2,1-4H3,(H,26,27). The van der Waals surface area contributed by atoms with E-state index in [1.54, 1.807) is 7.11 Å². The minimum absolute atomic E-state index is 0.0472. The fourth-order valence-corrected chi connectivity index (χ4v) is 4.25. The summed E-state index contributed by atoms with van der Waals surface area (Å²) >= 11 is 0. The van der Waals surface area contributed by atoms with Crippen molar-refractivity contribution in [1.82, 2.24) is 10.2 Å². The van der Waals surface area contributed by atoms with Gasteiger partial charge in [0.05, 0.1) is 32.5 Å². The number of methoxy groups -OCH3 is 1. The lowest BCUT2D eigenvalue weighted by Crippen LogP contribution is -2.47. The molecular weight excluding hydrogens is 390 g/mol. The molecule has 2 aliphatic heterocycles. The molecule has 1 aromatic rings. The lowest BCUT2D eigenvalue weighted by atomic mass is 9.85. The van der Waals surface area contributed by atoms with Crippen molar-refractivity contribution in [2.45, 2.75) is 70.5 Å². The molecule has 1 aromatic carbocycles. The zero-order valence-corrected chi connectivity index (χ0v) is 19.9. The molecule has 174 valence electrons. The first-order valence-electron chi connectivity index (χ1n) is 11.9. The highest BCUT2D eigenvalue weighted by Gasteiger charge is 2.25. The Bertz CT molecular complexity index is 676. The SMILES string of the molecule is CCNC(=NCC(C)(C)c1ccc(OC)cc1)N1CCC(OCC2CCCCO2)CC1. The van der Waals surface area contributed by atoms with Gasteiger partial charge >= 0.3 is 0 Å². The molecule has 0 aromatic heterocycles. The van der Waals surface area contributed by atoms with E-state index in [0.29, 0.717) is 12.2 Å². The molecule has 2 saturated heterocycles. The van der Waals surface area contributed by atoms with E-state index in [1.165, 1.54) is 18.4 Å². The maximum Gasteiger partial charge on any atom is 0.193 e. The number of aliphatic imine (C=N–C) groups is 1. The van der Waals surface area contributed by atoms with Gasteiger partial charge in [-0.1, -0.05) is 26.0 Å². The Morgan fingerprint density at radius 3 is 2.52 bits per heavy atom. The second kappa shape index (κ2) is 11.7. The summed E-state index contributed by atoms with van der Waals surface area (Å²) in [6, 6.07) is 8.32. The van der Waals surface area contributed by atoms with Gasteiger partial charge in [-0.05, 0) is 56.7 Å². The van der Waals surface area contributed by atoms with Gasteiger partial charge in [-0.2, -0.15) is 0 Å². The molecule has 2 aliphatic rings. The number of nitrogens with zero attached hydrogens (tertiary/aromatic N) is 2. The molecule has 2 heterocycles. The minimum Gasteiger partial charge on any atom is -0.497 e. The number of ether oxygens (including phenoxy) is 3. The van der Waals surface area contributed by atoms with Gasteiger partial charge in [0.2, 0.25) is 0 Å². The molecule has 0 amide bonds. The predicted molar refractivity (Wildman–Crippen MR) is 126 cm³/mol. The van der Waals surface area contributed by atoms with E-state index in [2.05, 4.69) is 43.1 Å². The highest BCUT2D eigenvalue weighted by molar-refractivity contribution is 5.80. The largest absolute Gasteiger partial charge is 0.497 e. The fraction of sp³-hybridized carbons (Fsp3) is 0.720. The van der Waals surface area contributed by atoms with Crippen LogP contribution in [0.5, 0.6) is 5.75 Å². The van der Waals surface area contributed by atoms with Crippen molar-refractivity contribution < 1.29 is 14.2 Å². The van der Waals surface area contributed by atoms with E-state index >= 15 is 0 Å². The first-order valence-corrected chi connectivity index (χ1v) is 11.9. The molecule has 0 radical (unpaired) electrons. The molecule has 3 rings (SSSR count). The molecule has 2 fully saturated rings. The van der Waals surface area contributed by atoms with Crippen LogP contribution in [0.4, 0.5) is 0 Å². The Morgan fingerprint density at radius 1 is 1.16 bits per heavy atom. The fourth-order valence-electron chi connectivity index (χ4n) is 4.25. The molecule has 6 nitrogen and oxygen atoms in total. The molecule has 0 saturated carbocycles. The van der Waals surface area contributed by atoms with Crippen LogP contribution in [0.2, 0.25) is 0 Å². The molecule has 1 N–H and O–H groups in total. The van der Waals surface area contributed by atoms with Crippen molar-refractivity contribution in [2.75, 3.05) is 46.5 Å². The van der Waals surface area contributed by atoms with Crippen LogP contribution in [0.15, 0.2) is 29.3 Å². The van der Waals surface area contributed by atoms with Gasteiger partial charge < -0.3 is 24.4 Å². The summed E-state index contributed by atoms with van der Waals surface area (Å²) < 4.78 is 17.3. The topological polar surface area (TPSA) is 55.3 Å². The van der Waals surface area contributed by atoms with E-state index in [9.17, 15) is 0 Å². The third kappa shape index (κ3) is 7.11. The summed E-state index contributed by atoms with van der Waals surface area (Å²) in [5.74, 6) is 1.90. The van der Waals surface area contributed by atoms with Crippen LogP contribution in [0.3, 0.4) is 0 Å². The van der Waals surface area contributed by atoms with Gasteiger partial charge in [-0.3, -0.25) is 4.99 Å². The van der Waals surface area contributed by atoms with Crippen molar-refractivity contribution in [2.24, 2.45) is 4.99 Å². The van der Waals surface area contributed by atoms with Crippen LogP contribution in [-0.2, 0) is 14.9 Å². The van der Waals surface area contributed by atoms with Crippen LogP contribution in [0, 0.1) is 0 Å². The highest BCUT2D eigenvalue weighted by Crippen LogP contribution is 2.26. The van der Waals surface area contributed by atoms with Crippen molar-refractivity contribution in [3.05, 3.63) is 29.8 Å². The molecule has 6 heteroatoms. The van der Waals surface area contributed by atoms with Crippen molar-refractivity contribution in [3.63, 3.8) is 0 Å². The van der Waals surface area contributed by atoms with Crippen LogP contribution in [0.25, 0.3) is 0 Å². The molecule has 0 spiro atoms. The van der Waals surface area contributed by atoms with Gasteiger partial charge in [-0.25, -0.2) is 0 Å². The van der Waals surface area contributed by atoms with Gasteiger partial charge in [0.1, 0.15) is 5.75 Å². The van der Waals surface area contributed by atoms with Crippen molar-refractivity contribution in [3.8, 4) is 5.75 Å². The third-order valence-corrected chi connectivity index (χ3v) is 6.36. The maximum atomic E-state index is 6.18. The number of hydrogen-bond acceptors (Lipinski definition) is 4. The highest BCUT2D eigenvalue weighted by atomic mass is 16.5. The van der Waals surface area contributed by atoms with Gasteiger partial charge in [0.15, 0.2) is 5.96 Å². The van der Waals surface area contributed by atoms with Crippen LogP contribution in [0.1, 0.15) is 58.4 Å². The number of guanidine groups is 1. The summed E-state index contributed by atoms with van der Waals surface area (Å²) in [5, 5.41) is 3.49. The zero-order valence-electron chi connectivity index (χ0n) is 19.9. The normalized spacial score (nSPS) is 21.2. The smallest absolute Gasteiger partial charge is 0.193 e. The zero-order chi connectivity index (χ0) is 22.1. The average Bonchev–Trinajstić information content (AvgIpc) is 2.81. The Labute approximate surface area is 188 Å². The quantitative estimate of drug-likeness (QED) is 0.498. The molecule has 0 aliphatic carbocycles. The van der Waals surface area contributed by atoms with Gasteiger partial charge in [-0.15, -0.1) is 0 Å². The van der Waals surface area contributed by atoms with Crippen molar-refractivity contribution in [1.29, 1.82) is 0 Å². The van der Waals surface area contributed by atoms with Gasteiger partial charge in [0.25, 0.3) is 0 Å². The first kappa shape index (κ1) is 23.9. The molecule has 31 heavy (non-hydrogen) atoms. The monoisotopic (exact) mass is 431 g/mol. The summed E-state index contributed by atoms with van der Waals surface area (Å²) in [6.07, 6.45) is 6.31. The number of likely N-dealkylation sites (tertiary alicyclic amines) is 1. The molecule has 1 atom stereocenters. The summed E-state index contributed by atoms with van der Waals surface area (Å²) in [6.45, 7) is 11.8. The average molecular weight is 432 g/mol. The predicted octanol–water partition coefficient (Wildman–Crippen LogP) is 3.99. The Kier molecular flexibility index (Phi) is 9.02. The van der Waals surface area contributed by atoms with Crippen LogP contribution >= 0.6 is 0 Å². The Hall–Kier alpha value is -1.79. The van der Waals surface area contributed by atoms with E-state index in [4.69, 9.17) is 19.2 Å². The van der Waals surface area contributed by atoms with E-state index < -0.39 is 0 Å². The van der Waals surface area contributed by atoms with Crippen LogP contribution < -0.4 is 10.1 Å². The summed E-state index contributed by atoms with van der Waals surface area (Å²) in [5.41, 5.74) is 1.22. The van der Waals surface area contributed by atoms with E-state index in [-0.39, 0.29) is 5.41 Å². The lowest BCUT2D eigenvalue weighted by Gasteiger charge is -2.35. The lowest BCUT2D eigenvalue weighted by molar-refractivity contribution is -0.0721. The second-order valence-electron chi connectivity index (χ2n) is 9.29. The number of hydrogen-bond donors (Lipinski definition) is 1. The molecular formula is C25H41N3O3. The van der Waals surface area contributed by atoms with Gasteiger partial charge in [0, 0.05) is 31.7 Å². The summed E-state index contributed by atoms with van der Waals surface area (Å²) in [4.78, 5) is 7.39. The Balaban J connectivity index is 1.51. The molecule has 0 bridgehead atoms. The number of benzene rings is 1. The maximum absolute atomic E-state index is 6.18. The third-order valence-electron chi connectivity index (χ3n) is 6.36. The second-order valence-corrected chi connectivity index (χ2v) is 9.29. The summed E-state index contributed by atoms with van der Waals surface area (Å²) in [7, 11) is 1.70. The minimum atomic E-state index is -0.0472. The van der Waals surface area contributed by atoms with Crippen LogP contribution in [-0.4, -0.2) is 69.6 Å². The number of piperidine rings is 1. The van der Waals surface area contributed by atoms with E-state index in [1.807, 2.05) is 12.1 Å². The van der Waals surface area contributed by atoms with Crippen molar-refractivity contribution >= 4 is 5.96 Å². The first-order chi connectivity index (χ1) is 15.0. The Morgan fingerprint density at radius 2 is 1.90 bits per heavy atom. The number of rotatable bonds is 8. The van der Waals surface area contributed by atoms with E-state index in [0.717, 1.165) is 70.4 Å². The number of nitrogens with one attached hydrogen (secondary N) is 1. The molecule has 1 unspecified atom stereocenters.